The van der Waals surface area contributed by atoms with Gasteiger partial charge in [0.25, 0.3) is 11.8 Å². The number of fused-ring (bicyclic) bond motifs is 1. The van der Waals surface area contributed by atoms with Crippen LogP contribution in [0, 0.1) is 23.6 Å². The van der Waals surface area contributed by atoms with E-state index in [4.69, 9.17) is 9.47 Å². The Bertz CT molecular complexity index is 1430. The normalized spacial score (nSPS) is 17.4. The standard InChI is InChI=1S/C31H32FN3O5/c1-20-17-35(21(2)19-36)31(38)26-15-23(10-9-22-11-13-24(39-4)14-12-22)16-33-29(26)40-28(20)18-34(3)30(37)25-7-5-6-8-27(25)32/h5-8,11-16,20-21,28,36H,17-19H2,1-4H3/t20-,21-,28+/m1/s1. The minimum Gasteiger partial charge on any atom is -0.497 e. The summed E-state index contributed by atoms with van der Waals surface area (Å²) < 4.78 is 25.7. The lowest BCUT2D eigenvalue weighted by Crippen LogP contribution is -2.50. The van der Waals surface area contributed by atoms with Crippen LogP contribution in [0.2, 0.25) is 0 Å². The highest BCUT2D eigenvalue weighted by Crippen LogP contribution is 2.27. The Balaban J connectivity index is 1.65. The van der Waals surface area contributed by atoms with Gasteiger partial charge in [0.1, 0.15) is 23.2 Å². The number of methoxy groups -OCH3 is 1. The number of amides is 2. The van der Waals surface area contributed by atoms with E-state index < -0.39 is 23.9 Å². The van der Waals surface area contributed by atoms with E-state index in [0.717, 1.165) is 11.3 Å². The molecule has 0 fully saturated rings. The van der Waals surface area contributed by atoms with Crippen LogP contribution in [-0.2, 0) is 0 Å². The average molecular weight is 546 g/mol. The van der Waals surface area contributed by atoms with Crippen LogP contribution in [-0.4, -0.2) is 77.7 Å². The van der Waals surface area contributed by atoms with E-state index in [1.807, 2.05) is 31.2 Å². The summed E-state index contributed by atoms with van der Waals surface area (Å²) in [6, 6.07) is 14.2. The Hall–Kier alpha value is -4.42. The minimum absolute atomic E-state index is 0.0344. The second-order valence-corrected chi connectivity index (χ2v) is 9.84. The average Bonchev–Trinajstić information content (AvgIpc) is 2.97. The van der Waals surface area contributed by atoms with Gasteiger partial charge in [-0.15, -0.1) is 0 Å². The molecule has 1 N–H and O–H groups in total. The fourth-order valence-corrected chi connectivity index (χ4v) is 4.40. The summed E-state index contributed by atoms with van der Waals surface area (Å²) in [4.78, 5) is 34.0. The van der Waals surface area contributed by atoms with E-state index in [1.165, 1.54) is 29.3 Å². The van der Waals surface area contributed by atoms with Crippen molar-refractivity contribution in [3.63, 3.8) is 0 Å². The molecule has 9 heteroatoms. The monoisotopic (exact) mass is 545 g/mol. The van der Waals surface area contributed by atoms with E-state index in [9.17, 15) is 19.1 Å². The van der Waals surface area contributed by atoms with Gasteiger partial charge in [-0.25, -0.2) is 9.37 Å². The van der Waals surface area contributed by atoms with E-state index in [-0.39, 0.29) is 48.5 Å². The predicted molar refractivity (Wildman–Crippen MR) is 148 cm³/mol. The number of hydrogen-bond donors (Lipinski definition) is 1. The van der Waals surface area contributed by atoms with Gasteiger partial charge < -0.3 is 24.4 Å². The smallest absolute Gasteiger partial charge is 0.259 e. The van der Waals surface area contributed by atoms with E-state index in [0.29, 0.717) is 5.56 Å². The quantitative estimate of drug-likeness (QED) is 0.476. The summed E-state index contributed by atoms with van der Waals surface area (Å²) >= 11 is 0. The molecule has 0 saturated heterocycles. The molecular weight excluding hydrogens is 513 g/mol. The zero-order valence-electron chi connectivity index (χ0n) is 22.9. The lowest BCUT2D eigenvalue weighted by molar-refractivity contribution is 0.0312. The summed E-state index contributed by atoms with van der Waals surface area (Å²) in [5.74, 6) is 5.27. The SMILES string of the molecule is COc1ccc(C#Cc2cnc3c(c2)C(=O)N([C@H](C)CO)C[C@@H](C)[C@H](CN(C)C(=O)c2ccccc2F)O3)cc1. The second kappa shape index (κ2) is 12.6. The first-order valence-corrected chi connectivity index (χ1v) is 13.0. The number of aliphatic hydroxyl groups is 1. The number of hydrogen-bond acceptors (Lipinski definition) is 6. The molecule has 1 aromatic heterocycles. The Kier molecular flexibility index (Phi) is 9.02. The van der Waals surface area contributed by atoms with Crippen LogP contribution >= 0.6 is 0 Å². The second-order valence-electron chi connectivity index (χ2n) is 9.84. The molecule has 0 aliphatic carbocycles. The summed E-state index contributed by atoms with van der Waals surface area (Å²) in [7, 11) is 3.17. The Morgan fingerprint density at radius 1 is 1.23 bits per heavy atom. The number of likely N-dealkylation sites (N-methyl/N-ethyl adjacent to an activating group) is 1. The summed E-state index contributed by atoms with van der Waals surface area (Å²) in [5, 5.41) is 9.88. The molecule has 2 heterocycles. The third-order valence-corrected chi connectivity index (χ3v) is 6.87. The topological polar surface area (TPSA) is 92.2 Å². The zero-order chi connectivity index (χ0) is 28.8. The molecule has 208 valence electrons. The van der Waals surface area contributed by atoms with Crippen LogP contribution in [0.1, 0.15) is 45.7 Å². The van der Waals surface area contributed by atoms with Crippen LogP contribution in [0.4, 0.5) is 4.39 Å². The molecule has 1 aliphatic rings. The molecule has 3 atom stereocenters. The van der Waals surface area contributed by atoms with Crippen LogP contribution in [0.3, 0.4) is 0 Å². The van der Waals surface area contributed by atoms with Crippen molar-refractivity contribution in [2.45, 2.75) is 26.0 Å². The third-order valence-electron chi connectivity index (χ3n) is 6.87. The summed E-state index contributed by atoms with van der Waals surface area (Å²) in [6.07, 6.45) is 0.963. The first-order chi connectivity index (χ1) is 19.2. The van der Waals surface area contributed by atoms with Crippen molar-refractivity contribution >= 4 is 11.8 Å². The largest absolute Gasteiger partial charge is 0.497 e. The van der Waals surface area contributed by atoms with Gasteiger partial charge in [-0.3, -0.25) is 9.59 Å². The zero-order valence-corrected chi connectivity index (χ0v) is 22.9. The molecule has 3 aromatic rings. The van der Waals surface area contributed by atoms with Gasteiger partial charge in [0.2, 0.25) is 5.88 Å². The third kappa shape index (κ3) is 6.41. The maximum atomic E-state index is 14.3. The lowest BCUT2D eigenvalue weighted by atomic mass is 9.99. The van der Waals surface area contributed by atoms with Gasteiger partial charge in [0.05, 0.1) is 31.9 Å². The fourth-order valence-electron chi connectivity index (χ4n) is 4.40. The molecular formula is C31H32FN3O5. The Morgan fingerprint density at radius 3 is 2.60 bits per heavy atom. The fraction of sp³-hybridized carbons (Fsp3) is 0.323. The number of aromatic nitrogens is 1. The van der Waals surface area contributed by atoms with Gasteiger partial charge >= 0.3 is 0 Å². The lowest BCUT2D eigenvalue weighted by Gasteiger charge is -2.37. The highest BCUT2D eigenvalue weighted by atomic mass is 19.1. The minimum atomic E-state index is -0.602. The number of nitrogens with zero attached hydrogens (tertiary/aromatic N) is 3. The highest BCUT2D eigenvalue weighted by molar-refractivity contribution is 5.97. The molecule has 0 saturated carbocycles. The summed E-state index contributed by atoms with van der Waals surface area (Å²) in [5.41, 5.74) is 1.46. The molecule has 0 spiro atoms. The number of benzene rings is 2. The number of pyridine rings is 1. The molecule has 2 aromatic carbocycles. The molecule has 40 heavy (non-hydrogen) atoms. The van der Waals surface area contributed by atoms with Crippen LogP contribution < -0.4 is 9.47 Å². The van der Waals surface area contributed by atoms with Crippen molar-refractivity contribution < 1.29 is 28.6 Å². The van der Waals surface area contributed by atoms with Crippen molar-refractivity contribution in [1.29, 1.82) is 0 Å². The van der Waals surface area contributed by atoms with E-state index in [2.05, 4.69) is 16.8 Å². The van der Waals surface area contributed by atoms with Crippen LogP contribution in [0.15, 0.2) is 60.8 Å². The number of carbonyl (C=O) groups is 2. The number of halogens is 1. The molecule has 1 aliphatic heterocycles. The molecule has 0 radical (unpaired) electrons. The molecule has 8 nitrogen and oxygen atoms in total. The van der Waals surface area contributed by atoms with Gasteiger partial charge in [-0.05, 0) is 49.4 Å². The van der Waals surface area contributed by atoms with E-state index in [1.54, 1.807) is 38.1 Å². The van der Waals surface area contributed by atoms with Crippen molar-refractivity contribution in [2.75, 3.05) is 33.9 Å². The first kappa shape index (κ1) is 28.6. The molecule has 0 bridgehead atoms. The molecule has 2 amide bonds. The van der Waals surface area contributed by atoms with Crippen molar-refractivity contribution in [3.05, 3.63) is 88.9 Å². The van der Waals surface area contributed by atoms with E-state index >= 15 is 0 Å². The van der Waals surface area contributed by atoms with Crippen molar-refractivity contribution in [3.8, 4) is 23.5 Å². The highest BCUT2D eigenvalue weighted by Gasteiger charge is 2.35. The Morgan fingerprint density at radius 2 is 1.93 bits per heavy atom. The Labute approximate surface area is 233 Å². The van der Waals surface area contributed by atoms with Crippen molar-refractivity contribution in [1.82, 2.24) is 14.8 Å². The van der Waals surface area contributed by atoms with Gasteiger partial charge in [-0.1, -0.05) is 30.9 Å². The first-order valence-electron chi connectivity index (χ1n) is 13.0. The maximum absolute atomic E-state index is 14.3. The molecule has 4 rings (SSSR count). The maximum Gasteiger partial charge on any atom is 0.259 e. The van der Waals surface area contributed by atoms with Crippen molar-refractivity contribution in [2.24, 2.45) is 5.92 Å². The number of carbonyl (C=O) groups excluding carboxylic acids is 2. The number of rotatable bonds is 6. The van der Waals surface area contributed by atoms with Crippen LogP contribution in [0.5, 0.6) is 11.6 Å². The number of aliphatic hydroxyl groups excluding tert-OH is 1. The number of ether oxygens (including phenoxy) is 2. The van der Waals surface area contributed by atoms with Gasteiger partial charge in [0, 0.05) is 36.8 Å². The predicted octanol–water partition coefficient (Wildman–Crippen LogP) is 3.62. The molecule has 0 unspecified atom stereocenters. The van der Waals surface area contributed by atoms with Crippen LogP contribution in [0.25, 0.3) is 0 Å². The summed E-state index contributed by atoms with van der Waals surface area (Å²) in [6.45, 7) is 3.83. The van der Waals surface area contributed by atoms with Gasteiger partial charge in [0.15, 0.2) is 0 Å². The van der Waals surface area contributed by atoms with Gasteiger partial charge in [-0.2, -0.15) is 0 Å².